The van der Waals surface area contributed by atoms with Gasteiger partial charge in [0.2, 0.25) is 0 Å². The molecule has 2 heteroatoms. The van der Waals surface area contributed by atoms with Crippen molar-refractivity contribution in [1.82, 2.24) is 0 Å². The molecule has 0 amide bonds. The first-order chi connectivity index (χ1) is 9.77. The largest absolute Gasteiger partial charge is 0.461 e. The van der Waals surface area contributed by atoms with Gasteiger partial charge < -0.3 is 4.74 Å². The van der Waals surface area contributed by atoms with Gasteiger partial charge in [-0.3, -0.25) is 4.79 Å². The number of carbonyl (C=O) groups is 1. The van der Waals surface area contributed by atoms with Crippen molar-refractivity contribution in [2.45, 2.75) is 65.9 Å². The van der Waals surface area contributed by atoms with Crippen LogP contribution in [0, 0.1) is 34.0 Å². The van der Waals surface area contributed by atoms with Gasteiger partial charge in [-0.15, -0.1) is 0 Å². The van der Waals surface area contributed by atoms with E-state index in [0.29, 0.717) is 17.3 Å². The molecule has 0 heterocycles. The van der Waals surface area contributed by atoms with Crippen molar-refractivity contribution in [3.05, 3.63) is 12.2 Å². The van der Waals surface area contributed by atoms with Crippen LogP contribution in [0.25, 0.3) is 0 Å². The molecule has 4 rings (SSSR count). The van der Waals surface area contributed by atoms with Crippen LogP contribution in [0.3, 0.4) is 0 Å². The third-order valence-corrected chi connectivity index (χ3v) is 8.11. The third kappa shape index (κ3) is 1.57. The molecular formula is C19H28O2. The predicted octanol–water partition coefficient (Wildman–Crippen LogP) is 4.35. The van der Waals surface area contributed by atoms with Crippen molar-refractivity contribution in [1.29, 1.82) is 0 Å². The zero-order valence-electron chi connectivity index (χ0n) is 13.8. The zero-order valence-corrected chi connectivity index (χ0v) is 13.8. The quantitative estimate of drug-likeness (QED) is 0.558. The minimum atomic E-state index is -0.262. The van der Waals surface area contributed by atoms with Crippen LogP contribution in [0.2, 0.25) is 0 Å². The fraction of sp³-hybridized carbons (Fsp3) is 0.842. The summed E-state index contributed by atoms with van der Waals surface area (Å²) in [4.78, 5) is 12.9. The Morgan fingerprint density at radius 3 is 2.38 bits per heavy atom. The second kappa shape index (κ2) is 3.94. The Morgan fingerprint density at radius 1 is 1.14 bits per heavy atom. The van der Waals surface area contributed by atoms with E-state index in [1.54, 1.807) is 0 Å². The Labute approximate surface area is 128 Å². The summed E-state index contributed by atoms with van der Waals surface area (Å²) < 4.78 is 6.15. The molecule has 2 nitrogen and oxygen atoms in total. The molecule has 6 unspecified atom stereocenters. The van der Waals surface area contributed by atoms with Crippen LogP contribution in [-0.4, -0.2) is 12.1 Å². The van der Waals surface area contributed by atoms with Crippen molar-refractivity contribution in [3.63, 3.8) is 0 Å². The summed E-state index contributed by atoms with van der Waals surface area (Å²) in [6, 6.07) is 0. The highest BCUT2D eigenvalue weighted by Gasteiger charge is 2.63. The highest BCUT2D eigenvalue weighted by atomic mass is 16.5. The lowest BCUT2D eigenvalue weighted by molar-refractivity contribution is -0.170. The van der Waals surface area contributed by atoms with Crippen molar-refractivity contribution in [2.24, 2.45) is 34.0 Å². The summed E-state index contributed by atoms with van der Waals surface area (Å²) in [7, 11) is 0. The molecule has 0 aromatic carbocycles. The number of hydrogen-bond donors (Lipinski definition) is 0. The molecule has 0 aliphatic heterocycles. The zero-order chi connectivity index (χ0) is 15.0. The Balaban J connectivity index is 1.53. The lowest BCUT2D eigenvalue weighted by atomic mass is 9.70. The molecule has 4 aliphatic rings. The van der Waals surface area contributed by atoms with E-state index in [1.807, 2.05) is 0 Å². The van der Waals surface area contributed by atoms with E-state index in [-0.39, 0.29) is 22.9 Å². The Bertz CT molecular complexity index is 520. The molecule has 0 saturated heterocycles. The molecule has 21 heavy (non-hydrogen) atoms. The Morgan fingerprint density at radius 2 is 1.90 bits per heavy atom. The van der Waals surface area contributed by atoms with E-state index in [4.69, 9.17) is 4.74 Å². The average molecular weight is 288 g/mol. The van der Waals surface area contributed by atoms with Crippen LogP contribution in [0.1, 0.15) is 59.8 Å². The first-order valence-electron chi connectivity index (χ1n) is 8.67. The molecule has 4 aliphatic carbocycles. The van der Waals surface area contributed by atoms with Crippen LogP contribution in [0.5, 0.6) is 0 Å². The molecule has 4 bridgehead atoms. The molecule has 0 N–H and O–H groups in total. The van der Waals surface area contributed by atoms with Gasteiger partial charge >= 0.3 is 5.97 Å². The van der Waals surface area contributed by atoms with E-state index in [2.05, 4.69) is 39.8 Å². The number of rotatable bonds is 2. The van der Waals surface area contributed by atoms with E-state index in [0.717, 1.165) is 25.2 Å². The normalized spacial score (nSPS) is 52.6. The van der Waals surface area contributed by atoms with E-state index >= 15 is 0 Å². The van der Waals surface area contributed by atoms with Crippen LogP contribution >= 0.6 is 0 Å². The summed E-state index contributed by atoms with van der Waals surface area (Å²) in [5.41, 5.74) is 0.229. The number of carbonyl (C=O) groups excluding carboxylic acids is 1. The fourth-order valence-electron chi connectivity index (χ4n) is 5.90. The first kappa shape index (κ1) is 13.8. The molecule has 0 spiro atoms. The summed E-state index contributed by atoms with van der Waals surface area (Å²) in [5, 5.41) is 0. The summed E-state index contributed by atoms with van der Waals surface area (Å²) in [6.07, 6.45) is 10.4. The highest BCUT2D eigenvalue weighted by Crippen LogP contribution is 2.66. The van der Waals surface area contributed by atoms with Gasteiger partial charge in [0.1, 0.15) is 6.10 Å². The molecule has 6 atom stereocenters. The first-order valence-corrected chi connectivity index (χ1v) is 8.67. The molecule has 3 fully saturated rings. The smallest absolute Gasteiger partial charge is 0.312 e. The predicted molar refractivity (Wildman–Crippen MR) is 82.6 cm³/mol. The third-order valence-electron chi connectivity index (χ3n) is 8.11. The number of ether oxygens (including phenoxy) is 1. The van der Waals surface area contributed by atoms with Gasteiger partial charge in [-0.2, -0.15) is 0 Å². The van der Waals surface area contributed by atoms with Gasteiger partial charge in [0.05, 0.1) is 5.41 Å². The second-order valence-corrected chi connectivity index (χ2v) is 9.11. The van der Waals surface area contributed by atoms with Gasteiger partial charge in [0, 0.05) is 5.41 Å². The minimum absolute atomic E-state index is 0.0777. The number of fused-ring (bicyclic) bond motifs is 4. The van der Waals surface area contributed by atoms with Gasteiger partial charge in [0.25, 0.3) is 0 Å². The van der Waals surface area contributed by atoms with Crippen molar-refractivity contribution < 1.29 is 9.53 Å². The van der Waals surface area contributed by atoms with Crippen LogP contribution < -0.4 is 0 Å². The highest BCUT2D eigenvalue weighted by molar-refractivity contribution is 5.78. The molecule has 0 radical (unpaired) electrons. The monoisotopic (exact) mass is 288 g/mol. The van der Waals surface area contributed by atoms with Gasteiger partial charge in [0.15, 0.2) is 0 Å². The number of allylic oxidation sites excluding steroid dienone is 2. The maximum Gasteiger partial charge on any atom is 0.312 e. The lowest BCUT2D eigenvalue weighted by Gasteiger charge is -2.40. The Kier molecular flexibility index (Phi) is 2.60. The van der Waals surface area contributed by atoms with Crippen LogP contribution in [0.15, 0.2) is 12.2 Å². The lowest BCUT2D eigenvalue weighted by Crippen LogP contribution is -2.42. The molecule has 116 valence electrons. The minimum Gasteiger partial charge on any atom is -0.461 e. The summed E-state index contributed by atoms with van der Waals surface area (Å²) >= 11 is 0. The van der Waals surface area contributed by atoms with Crippen LogP contribution in [0.4, 0.5) is 0 Å². The number of hydrogen-bond acceptors (Lipinski definition) is 2. The maximum absolute atomic E-state index is 12.9. The van der Waals surface area contributed by atoms with Crippen LogP contribution in [-0.2, 0) is 9.53 Å². The van der Waals surface area contributed by atoms with Crippen molar-refractivity contribution in [3.8, 4) is 0 Å². The molecule has 3 saturated carbocycles. The average Bonchev–Trinajstić information content (AvgIpc) is 3.09. The molecule has 0 aromatic rings. The standard InChI is InChI=1S/C19H28O2/c1-17(2)13-7-8-19(17,4)15(10-13)21-16(20)18(3)11-12-5-6-14(18)9-12/h5-6,12-15H,7-11H2,1-4H3. The van der Waals surface area contributed by atoms with E-state index in [9.17, 15) is 4.79 Å². The summed E-state index contributed by atoms with van der Waals surface area (Å²) in [5.74, 6) is 1.83. The van der Waals surface area contributed by atoms with Crippen molar-refractivity contribution in [2.75, 3.05) is 0 Å². The van der Waals surface area contributed by atoms with E-state index in [1.165, 1.54) is 12.8 Å². The second-order valence-electron chi connectivity index (χ2n) is 9.11. The fourth-order valence-corrected chi connectivity index (χ4v) is 5.90. The Hall–Kier alpha value is -0.790. The number of esters is 1. The maximum atomic E-state index is 12.9. The van der Waals surface area contributed by atoms with Crippen molar-refractivity contribution >= 4 is 5.97 Å². The van der Waals surface area contributed by atoms with Gasteiger partial charge in [-0.25, -0.2) is 0 Å². The molecule has 0 aromatic heterocycles. The SMILES string of the molecule is CC1(C(=O)OC2CC3CCC2(C)C3(C)C)CC2C=CC1C2. The van der Waals surface area contributed by atoms with Gasteiger partial charge in [-0.1, -0.05) is 32.9 Å². The van der Waals surface area contributed by atoms with E-state index < -0.39 is 0 Å². The van der Waals surface area contributed by atoms with Gasteiger partial charge in [-0.05, 0) is 62.2 Å². The molecular weight excluding hydrogens is 260 g/mol. The summed E-state index contributed by atoms with van der Waals surface area (Å²) in [6.45, 7) is 9.23. The topological polar surface area (TPSA) is 26.3 Å².